The summed E-state index contributed by atoms with van der Waals surface area (Å²) >= 11 is 0. The largest absolute Gasteiger partial charge is 0.377 e. The Kier molecular flexibility index (Phi) is 4.15. The average molecular weight is 238 g/mol. The molecule has 0 bridgehead atoms. The van der Waals surface area contributed by atoms with Gasteiger partial charge in [-0.3, -0.25) is 4.68 Å². The molecular weight excluding hydrogens is 216 g/mol. The maximum absolute atomic E-state index is 6.15. The van der Waals surface area contributed by atoms with Crippen molar-refractivity contribution in [2.24, 2.45) is 12.8 Å². The molecule has 17 heavy (non-hydrogen) atoms. The maximum atomic E-state index is 6.15. The predicted molar refractivity (Wildman–Crippen MR) is 66.6 cm³/mol. The third kappa shape index (κ3) is 3.52. The fourth-order valence-electron chi connectivity index (χ4n) is 2.28. The van der Waals surface area contributed by atoms with Gasteiger partial charge in [0.15, 0.2) is 0 Å². The zero-order chi connectivity index (χ0) is 12.3. The summed E-state index contributed by atoms with van der Waals surface area (Å²) in [7, 11) is 4.00. The number of nitrogens with zero attached hydrogens (tertiary/aromatic N) is 3. The van der Waals surface area contributed by atoms with Crippen molar-refractivity contribution in [1.82, 2.24) is 14.7 Å². The van der Waals surface area contributed by atoms with Crippen molar-refractivity contribution in [2.45, 2.75) is 25.0 Å². The number of rotatable bonds is 5. The molecule has 0 aromatic carbocycles. The lowest BCUT2D eigenvalue weighted by atomic mass is 10.1. The highest BCUT2D eigenvalue weighted by molar-refractivity contribution is 5.09. The van der Waals surface area contributed by atoms with Crippen molar-refractivity contribution >= 4 is 0 Å². The third-order valence-electron chi connectivity index (χ3n) is 3.20. The molecule has 96 valence electrons. The Morgan fingerprint density at radius 2 is 2.53 bits per heavy atom. The molecule has 1 aliphatic rings. The highest BCUT2D eigenvalue weighted by Crippen LogP contribution is 2.15. The predicted octanol–water partition coefficient (Wildman–Crippen LogP) is 0.531. The lowest BCUT2D eigenvalue weighted by Crippen LogP contribution is -2.34. The molecule has 0 spiro atoms. The molecular formula is C12H22N4O. The van der Waals surface area contributed by atoms with E-state index in [4.69, 9.17) is 10.5 Å². The van der Waals surface area contributed by atoms with Crippen LogP contribution in [0.25, 0.3) is 0 Å². The van der Waals surface area contributed by atoms with Crippen molar-refractivity contribution in [1.29, 1.82) is 0 Å². The van der Waals surface area contributed by atoms with Gasteiger partial charge in [-0.25, -0.2) is 0 Å². The normalized spacial score (nSPS) is 22.2. The molecule has 2 heterocycles. The highest BCUT2D eigenvalue weighted by Gasteiger charge is 2.19. The summed E-state index contributed by atoms with van der Waals surface area (Å²) in [5.74, 6) is 0. The van der Waals surface area contributed by atoms with E-state index in [1.165, 1.54) is 12.8 Å². The van der Waals surface area contributed by atoms with Crippen molar-refractivity contribution < 1.29 is 4.74 Å². The van der Waals surface area contributed by atoms with E-state index in [2.05, 4.69) is 17.0 Å². The van der Waals surface area contributed by atoms with Gasteiger partial charge in [0.2, 0.25) is 0 Å². The van der Waals surface area contributed by atoms with Crippen molar-refractivity contribution in [2.75, 3.05) is 26.7 Å². The quantitative estimate of drug-likeness (QED) is 0.813. The van der Waals surface area contributed by atoms with Gasteiger partial charge in [0.05, 0.1) is 12.3 Å². The summed E-state index contributed by atoms with van der Waals surface area (Å²) in [6.07, 6.45) is 6.57. The van der Waals surface area contributed by atoms with E-state index >= 15 is 0 Å². The van der Waals surface area contributed by atoms with E-state index in [1.807, 2.05) is 19.4 Å². The van der Waals surface area contributed by atoms with Gasteiger partial charge < -0.3 is 15.4 Å². The van der Waals surface area contributed by atoms with Crippen LogP contribution >= 0.6 is 0 Å². The first-order valence-electron chi connectivity index (χ1n) is 6.19. The Labute approximate surface area is 103 Å². The van der Waals surface area contributed by atoms with Gasteiger partial charge in [0.1, 0.15) is 0 Å². The summed E-state index contributed by atoms with van der Waals surface area (Å²) in [5.41, 5.74) is 7.24. The minimum absolute atomic E-state index is 0.0232. The minimum Gasteiger partial charge on any atom is -0.377 e. The van der Waals surface area contributed by atoms with Crippen molar-refractivity contribution in [3.63, 3.8) is 0 Å². The van der Waals surface area contributed by atoms with Gasteiger partial charge >= 0.3 is 0 Å². The lowest BCUT2D eigenvalue weighted by Gasteiger charge is -2.23. The van der Waals surface area contributed by atoms with E-state index in [1.54, 1.807) is 4.68 Å². The molecule has 2 unspecified atom stereocenters. The van der Waals surface area contributed by atoms with E-state index in [9.17, 15) is 0 Å². The average Bonchev–Trinajstić information content (AvgIpc) is 2.89. The van der Waals surface area contributed by atoms with E-state index < -0.39 is 0 Å². The summed E-state index contributed by atoms with van der Waals surface area (Å²) in [6.45, 7) is 2.71. The van der Waals surface area contributed by atoms with Gasteiger partial charge in [-0.1, -0.05) is 0 Å². The van der Waals surface area contributed by atoms with Crippen LogP contribution in [0.4, 0.5) is 0 Å². The molecule has 2 N–H and O–H groups in total. The summed E-state index contributed by atoms with van der Waals surface area (Å²) < 4.78 is 7.40. The number of likely N-dealkylation sites (N-methyl/N-ethyl adjacent to an activating group) is 1. The molecule has 1 aromatic heterocycles. The second-order valence-electron chi connectivity index (χ2n) is 4.91. The van der Waals surface area contributed by atoms with Crippen LogP contribution in [0.5, 0.6) is 0 Å². The number of aryl methyl sites for hydroxylation is 1. The van der Waals surface area contributed by atoms with Crippen LogP contribution < -0.4 is 5.73 Å². The SMILES string of the molecule is CN(CC1CCCO1)CC(N)c1cnn(C)c1. The smallest absolute Gasteiger partial charge is 0.0702 e. The standard InChI is InChI=1S/C12H22N4O/c1-15(8-11-4-3-5-17-11)9-12(13)10-6-14-16(2)7-10/h6-7,11-12H,3-5,8-9,13H2,1-2H3. The van der Waals surface area contributed by atoms with Gasteiger partial charge in [-0.2, -0.15) is 5.10 Å². The first kappa shape index (κ1) is 12.5. The van der Waals surface area contributed by atoms with E-state index in [-0.39, 0.29) is 6.04 Å². The van der Waals surface area contributed by atoms with E-state index in [0.717, 1.165) is 25.3 Å². The van der Waals surface area contributed by atoms with Crippen LogP contribution in [0.2, 0.25) is 0 Å². The molecule has 5 nitrogen and oxygen atoms in total. The van der Waals surface area contributed by atoms with Gasteiger partial charge in [0, 0.05) is 44.5 Å². The Morgan fingerprint density at radius 1 is 1.71 bits per heavy atom. The minimum atomic E-state index is 0.0232. The zero-order valence-electron chi connectivity index (χ0n) is 10.7. The third-order valence-corrected chi connectivity index (χ3v) is 3.20. The Bertz CT molecular complexity index is 346. The lowest BCUT2D eigenvalue weighted by molar-refractivity contribution is 0.0796. The molecule has 2 atom stereocenters. The molecule has 1 fully saturated rings. The van der Waals surface area contributed by atoms with Gasteiger partial charge in [-0.15, -0.1) is 0 Å². The Morgan fingerprint density at radius 3 is 3.12 bits per heavy atom. The van der Waals surface area contributed by atoms with Crippen LogP contribution in [-0.4, -0.2) is 47.5 Å². The fourth-order valence-corrected chi connectivity index (χ4v) is 2.28. The van der Waals surface area contributed by atoms with Crippen LogP contribution in [0, 0.1) is 0 Å². The number of hydrogen-bond donors (Lipinski definition) is 1. The molecule has 0 aliphatic carbocycles. The highest BCUT2D eigenvalue weighted by atomic mass is 16.5. The number of ether oxygens (including phenoxy) is 1. The Balaban J connectivity index is 1.79. The number of hydrogen-bond acceptors (Lipinski definition) is 4. The molecule has 1 aromatic rings. The molecule has 2 rings (SSSR count). The van der Waals surface area contributed by atoms with Crippen molar-refractivity contribution in [3.05, 3.63) is 18.0 Å². The number of nitrogens with two attached hydrogens (primary N) is 1. The van der Waals surface area contributed by atoms with Crippen LogP contribution in [0.15, 0.2) is 12.4 Å². The molecule has 0 amide bonds. The van der Waals surface area contributed by atoms with Crippen molar-refractivity contribution in [3.8, 4) is 0 Å². The van der Waals surface area contributed by atoms with Crippen LogP contribution in [0.1, 0.15) is 24.4 Å². The van der Waals surface area contributed by atoms with Gasteiger partial charge in [-0.05, 0) is 19.9 Å². The van der Waals surface area contributed by atoms with Crippen LogP contribution in [0.3, 0.4) is 0 Å². The number of aromatic nitrogens is 2. The second kappa shape index (κ2) is 5.62. The second-order valence-corrected chi connectivity index (χ2v) is 4.91. The van der Waals surface area contributed by atoms with Gasteiger partial charge in [0.25, 0.3) is 0 Å². The summed E-state index contributed by atoms with van der Waals surface area (Å²) in [4.78, 5) is 2.24. The summed E-state index contributed by atoms with van der Waals surface area (Å²) in [5, 5.41) is 4.14. The molecule has 5 heteroatoms. The monoisotopic (exact) mass is 238 g/mol. The van der Waals surface area contributed by atoms with Crippen LogP contribution in [-0.2, 0) is 11.8 Å². The topological polar surface area (TPSA) is 56.3 Å². The fraction of sp³-hybridized carbons (Fsp3) is 0.750. The first-order chi connectivity index (χ1) is 8.15. The molecule has 1 saturated heterocycles. The Hall–Kier alpha value is -0.910. The molecule has 0 saturated carbocycles. The van der Waals surface area contributed by atoms with E-state index in [0.29, 0.717) is 6.10 Å². The zero-order valence-corrected chi connectivity index (χ0v) is 10.7. The molecule has 0 radical (unpaired) electrons. The maximum Gasteiger partial charge on any atom is 0.0702 e. The summed E-state index contributed by atoms with van der Waals surface area (Å²) in [6, 6.07) is 0.0232. The molecule has 1 aliphatic heterocycles. The first-order valence-corrected chi connectivity index (χ1v) is 6.19.